The number of urea groups is 1. The molecule has 0 aromatic heterocycles. The van der Waals surface area contributed by atoms with Gasteiger partial charge in [-0.05, 0) is 19.1 Å². The monoisotopic (exact) mass is 339 g/mol. The van der Waals surface area contributed by atoms with Crippen molar-refractivity contribution in [3.63, 3.8) is 0 Å². The van der Waals surface area contributed by atoms with E-state index in [1.807, 2.05) is 0 Å². The first-order chi connectivity index (χ1) is 10.6. The molecule has 1 aromatic rings. The van der Waals surface area contributed by atoms with Crippen LogP contribution in [-0.4, -0.2) is 61.2 Å². The molecule has 0 radical (unpaired) electrons. The minimum absolute atomic E-state index is 0.0823. The van der Waals surface area contributed by atoms with Crippen LogP contribution in [0.2, 0.25) is 0 Å². The highest BCUT2D eigenvalue weighted by molar-refractivity contribution is 7.89. The van der Waals surface area contributed by atoms with Crippen LogP contribution in [0.4, 0.5) is 4.79 Å². The molecule has 0 aliphatic carbocycles. The van der Waals surface area contributed by atoms with Crippen LogP contribution >= 0.6 is 0 Å². The van der Waals surface area contributed by atoms with E-state index in [-0.39, 0.29) is 17.1 Å². The van der Waals surface area contributed by atoms with Crippen molar-refractivity contribution in [3.05, 3.63) is 29.8 Å². The first-order valence-corrected chi connectivity index (χ1v) is 8.04. The van der Waals surface area contributed by atoms with Crippen molar-refractivity contribution in [2.45, 2.75) is 12.2 Å². The fourth-order valence-corrected chi connectivity index (χ4v) is 3.22. The van der Waals surface area contributed by atoms with Crippen molar-refractivity contribution in [2.24, 2.45) is 0 Å². The Balaban J connectivity index is 2.36. The zero-order valence-electron chi connectivity index (χ0n) is 12.7. The third kappa shape index (κ3) is 3.29. The number of rotatable bonds is 4. The molecule has 1 unspecified atom stereocenters. The minimum Gasteiger partial charge on any atom is -0.381 e. The van der Waals surface area contributed by atoms with E-state index in [1.165, 1.54) is 45.3 Å². The zero-order valence-corrected chi connectivity index (χ0v) is 13.5. The summed E-state index contributed by atoms with van der Waals surface area (Å²) in [7, 11) is -1.84. The Bertz CT molecular complexity index is 827. The lowest BCUT2D eigenvalue weighted by molar-refractivity contribution is -0.399. The summed E-state index contributed by atoms with van der Waals surface area (Å²) in [5, 5.41) is -1.64. The molecule has 1 aliphatic heterocycles. The average Bonchev–Trinajstić information content (AvgIpc) is 2.48. The molecule has 23 heavy (non-hydrogen) atoms. The molecule has 1 aliphatic rings. The molecule has 0 bridgehead atoms. The van der Waals surface area contributed by atoms with E-state index in [2.05, 4.69) is 0 Å². The molecule has 1 aromatic carbocycles. The van der Waals surface area contributed by atoms with Crippen LogP contribution < -0.4 is 4.18 Å². The van der Waals surface area contributed by atoms with Gasteiger partial charge in [-0.1, -0.05) is 12.1 Å². The van der Waals surface area contributed by atoms with Gasteiger partial charge in [0.1, 0.15) is 12.0 Å². The van der Waals surface area contributed by atoms with Crippen molar-refractivity contribution in [1.82, 2.24) is 4.90 Å². The Labute approximate surface area is 133 Å². The molecule has 2 rings (SSSR count). The summed E-state index contributed by atoms with van der Waals surface area (Å²) >= 11 is 0. The number of hydrogen-bond acceptors (Lipinski definition) is 6. The highest BCUT2D eigenvalue weighted by atomic mass is 32.2. The fraction of sp³-hybridized carbons (Fsp3) is 0.286. The SMILES string of the molecule is CC(=O)c1cccc(OS(=O)(=O)C2C=[N+](C)C(=O)N(C)C2=O)c1. The molecule has 0 saturated heterocycles. The molecule has 0 saturated carbocycles. The van der Waals surface area contributed by atoms with Gasteiger partial charge in [-0.15, -0.1) is 0 Å². The van der Waals surface area contributed by atoms with E-state index >= 15 is 0 Å². The van der Waals surface area contributed by atoms with Gasteiger partial charge in [0.25, 0.3) is 5.25 Å². The highest BCUT2D eigenvalue weighted by Gasteiger charge is 2.47. The summed E-state index contributed by atoms with van der Waals surface area (Å²) in [4.78, 5) is 35.7. The second-order valence-electron chi connectivity index (χ2n) is 5.02. The van der Waals surface area contributed by atoms with E-state index in [4.69, 9.17) is 4.18 Å². The maximum atomic E-state index is 12.3. The average molecular weight is 339 g/mol. The van der Waals surface area contributed by atoms with Gasteiger partial charge < -0.3 is 4.18 Å². The lowest BCUT2D eigenvalue weighted by Gasteiger charge is -2.19. The van der Waals surface area contributed by atoms with Crippen LogP contribution in [0.1, 0.15) is 17.3 Å². The van der Waals surface area contributed by atoms with Crippen LogP contribution in [0, 0.1) is 0 Å². The summed E-state index contributed by atoms with van der Waals surface area (Å²) in [6.07, 6.45) is 0.981. The number of imide groups is 1. The summed E-state index contributed by atoms with van der Waals surface area (Å²) in [5.74, 6) is -1.24. The van der Waals surface area contributed by atoms with Crippen molar-refractivity contribution in [1.29, 1.82) is 0 Å². The predicted molar refractivity (Wildman–Crippen MR) is 80.2 cm³/mol. The summed E-state index contributed by atoms with van der Waals surface area (Å²) in [6.45, 7) is 1.33. The van der Waals surface area contributed by atoms with Crippen molar-refractivity contribution >= 4 is 34.1 Å². The Morgan fingerprint density at radius 2 is 1.96 bits per heavy atom. The molecule has 3 amide bonds. The van der Waals surface area contributed by atoms with E-state index in [1.54, 1.807) is 0 Å². The lowest BCUT2D eigenvalue weighted by Crippen LogP contribution is -2.54. The molecule has 9 heteroatoms. The number of amides is 3. The first-order valence-electron chi connectivity index (χ1n) is 6.57. The molecule has 8 nitrogen and oxygen atoms in total. The maximum absolute atomic E-state index is 12.3. The van der Waals surface area contributed by atoms with E-state index in [9.17, 15) is 22.8 Å². The van der Waals surface area contributed by atoms with Gasteiger partial charge in [0.05, 0.1) is 14.1 Å². The molecule has 0 N–H and O–H groups in total. The fourth-order valence-electron chi connectivity index (χ4n) is 2.00. The van der Waals surface area contributed by atoms with E-state index < -0.39 is 27.3 Å². The molecule has 0 spiro atoms. The number of nitrogens with zero attached hydrogens (tertiary/aromatic N) is 2. The van der Waals surface area contributed by atoms with E-state index in [0.29, 0.717) is 4.90 Å². The van der Waals surface area contributed by atoms with Crippen LogP contribution in [-0.2, 0) is 14.9 Å². The summed E-state index contributed by atoms with van der Waals surface area (Å²) in [5.41, 5.74) is 0.279. The Morgan fingerprint density at radius 1 is 1.30 bits per heavy atom. The maximum Gasteiger partial charge on any atom is 0.500 e. The van der Waals surface area contributed by atoms with Gasteiger partial charge in [0, 0.05) is 5.56 Å². The molecule has 122 valence electrons. The number of ketones is 1. The highest BCUT2D eigenvalue weighted by Crippen LogP contribution is 2.19. The van der Waals surface area contributed by atoms with Gasteiger partial charge in [-0.3, -0.25) is 4.79 Å². The molecule has 1 heterocycles. The topological polar surface area (TPSA) is 101 Å². The number of carbonyl (C=O) groups is 3. The van der Waals surface area contributed by atoms with Gasteiger partial charge in [-0.25, -0.2) is 9.37 Å². The van der Waals surface area contributed by atoms with Gasteiger partial charge in [0.15, 0.2) is 5.78 Å². The Hall–Kier alpha value is -2.55. The normalized spacial score (nSPS) is 18.7. The number of carbonyl (C=O) groups excluding carboxylic acids is 3. The zero-order chi connectivity index (χ0) is 17.4. The summed E-state index contributed by atoms with van der Waals surface area (Å²) < 4.78 is 30.6. The minimum atomic E-state index is -4.37. The smallest absolute Gasteiger partial charge is 0.381 e. The molecular weight excluding hydrogens is 324 g/mol. The van der Waals surface area contributed by atoms with Crippen LogP contribution in [0.25, 0.3) is 0 Å². The number of hydrogen-bond donors (Lipinski definition) is 0. The predicted octanol–water partition coefficient (Wildman–Crippen LogP) is 0.272. The van der Waals surface area contributed by atoms with E-state index in [0.717, 1.165) is 10.8 Å². The van der Waals surface area contributed by atoms with Gasteiger partial charge >= 0.3 is 22.1 Å². The van der Waals surface area contributed by atoms with Crippen LogP contribution in [0.15, 0.2) is 24.3 Å². The van der Waals surface area contributed by atoms with Crippen molar-refractivity contribution in [3.8, 4) is 5.75 Å². The summed E-state index contributed by atoms with van der Waals surface area (Å²) in [6, 6.07) is 4.97. The molecule has 1 atom stereocenters. The molecule has 0 fully saturated rings. The van der Waals surface area contributed by atoms with Gasteiger partial charge in [-0.2, -0.15) is 18.1 Å². The third-order valence-electron chi connectivity index (χ3n) is 3.29. The van der Waals surface area contributed by atoms with Crippen molar-refractivity contribution < 1.29 is 31.6 Å². The second kappa shape index (κ2) is 5.92. The number of Topliss-reactive ketones (excluding diaryl/α,β-unsaturated/α-hetero) is 1. The quantitative estimate of drug-likeness (QED) is 0.443. The lowest BCUT2D eigenvalue weighted by atomic mass is 10.1. The first kappa shape index (κ1) is 16.8. The van der Waals surface area contributed by atoms with Crippen LogP contribution in [0.5, 0.6) is 5.75 Å². The number of benzene rings is 1. The standard InChI is InChI=1S/C14H15N2O6S/c1-9(17)10-5-4-6-11(7-10)22-23(20,21)12-8-15(2)14(19)16(3)13(12)18/h4-8,12H,1-3H3/q+1. The second-order valence-corrected chi connectivity index (χ2v) is 6.68. The molecular formula is C14H15N2O6S+. The Kier molecular flexibility index (Phi) is 4.33. The third-order valence-corrected chi connectivity index (χ3v) is 4.66. The van der Waals surface area contributed by atoms with Gasteiger partial charge in [0.2, 0.25) is 0 Å². The largest absolute Gasteiger partial charge is 0.500 e. The van der Waals surface area contributed by atoms with Crippen LogP contribution in [0.3, 0.4) is 0 Å². The Morgan fingerprint density at radius 3 is 2.57 bits per heavy atom. The van der Waals surface area contributed by atoms with Crippen molar-refractivity contribution in [2.75, 3.05) is 14.1 Å².